The first-order chi connectivity index (χ1) is 18.5. The van der Waals surface area contributed by atoms with E-state index in [0.29, 0.717) is 49.4 Å². The molecule has 1 saturated heterocycles. The molecule has 196 valence electrons. The van der Waals surface area contributed by atoms with Gasteiger partial charge in [0.2, 0.25) is 0 Å². The minimum Gasteiger partial charge on any atom is -0.495 e. The van der Waals surface area contributed by atoms with Crippen molar-refractivity contribution in [2.45, 2.75) is 0 Å². The summed E-state index contributed by atoms with van der Waals surface area (Å²) in [6.45, 7) is 3.78. The molecule has 1 aromatic heterocycles. The van der Waals surface area contributed by atoms with E-state index in [-0.39, 0.29) is 5.75 Å². The van der Waals surface area contributed by atoms with Gasteiger partial charge in [0.15, 0.2) is 5.75 Å². The summed E-state index contributed by atoms with van der Waals surface area (Å²) in [5, 5.41) is 6.69. The second-order valence-electron chi connectivity index (χ2n) is 8.45. The summed E-state index contributed by atoms with van der Waals surface area (Å²) < 4.78 is 16.4. The van der Waals surface area contributed by atoms with E-state index in [1.807, 2.05) is 24.3 Å². The largest absolute Gasteiger partial charge is 0.495 e. The van der Waals surface area contributed by atoms with Gasteiger partial charge in [-0.15, -0.1) is 0 Å². The molecule has 11 heteroatoms. The van der Waals surface area contributed by atoms with Crippen LogP contribution in [0.4, 0.5) is 16.2 Å². The molecule has 0 saturated carbocycles. The Morgan fingerprint density at radius 2 is 1.53 bits per heavy atom. The monoisotopic (exact) mass is 553 g/mol. The molecule has 0 radical (unpaired) electrons. The number of carbonyl (C=O) groups excluding carboxylic acids is 1. The molecule has 1 aliphatic rings. The Hall–Kier alpha value is -3.79. The second kappa shape index (κ2) is 11.3. The van der Waals surface area contributed by atoms with Crippen molar-refractivity contribution in [3.63, 3.8) is 0 Å². The van der Waals surface area contributed by atoms with E-state index >= 15 is 0 Å². The predicted molar refractivity (Wildman–Crippen MR) is 149 cm³/mol. The van der Waals surface area contributed by atoms with E-state index in [0.717, 1.165) is 31.9 Å². The highest BCUT2D eigenvalue weighted by atomic mass is 35.5. The molecule has 5 rings (SSSR count). The first-order valence-corrected chi connectivity index (χ1v) is 12.6. The molecule has 2 N–H and O–H groups in total. The van der Waals surface area contributed by atoms with E-state index in [2.05, 4.69) is 25.5 Å². The van der Waals surface area contributed by atoms with Crippen LogP contribution in [-0.4, -0.2) is 56.5 Å². The molecular weight excluding hydrogens is 529 g/mol. The van der Waals surface area contributed by atoms with Crippen LogP contribution in [0.5, 0.6) is 17.2 Å². The lowest BCUT2D eigenvalue weighted by molar-refractivity contribution is 0.215. The van der Waals surface area contributed by atoms with Crippen LogP contribution in [0.15, 0.2) is 54.9 Å². The van der Waals surface area contributed by atoms with Gasteiger partial charge in [0.25, 0.3) is 0 Å². The quantitative estimate of drug-likeness (QED) is 0.316. The standard InChI is InChI=1S/C27H25Cl2N5O4/c1-36-20-15-21(37-2)24(29)22(23(20)28)18-7-8-19(26-25(18)31-9-10-32-26)38-27(35)33-16-3-5-17(6-4-16)34-13-11-30-12-14-34/h3-10,15,30H,11-14H2,1-2H3,(H,33,35). The average molecular weight is 554 g/mol. The fourth-order valence-corrected chi connectivity index (χ4v) is 5.06. The molecule has 1 amide bonds. The van der Waals surface area contributed by atoms with Crippen LogP contribution in [0.1, 0.15) is 0 Å². The first kappa shape index (κ1) is 25.8. The summed E-state index contributed by atoms with van der Waals surface area (Å²) in [7, 11) is 3.01. The Kier molecular flexibility index (Phi) is 7.69. The molecule has 0 atom stereocenters. The second-order valence-corrected chi connectivity index (χ2v) is 9.20. The highest BCUT2D eigenvalue weighted by molar-refractivity contribution is 6.41. The van der Waals surface area contributed by atoms with Crippen molar-refractivity contribution in [2.24, 2.45) is 0 Å². The minimum absolute atomic E-state index is 0.230. The Labute approximate surface area is 229 Å². The lowest BCUT2D eigenvalue weighted by Gasteiger charge is -2.29. The molecular formula is C27H25Cl2N5O4. The number of ether oxygens (including phenoxy) is 3. The summed E-state index contributed by atoms with van der Waals surface area (Å²) in [4.78, 5) is 23.9. The first-order valence-electron chi connectivity index (χ1n) is 11.9. The number of halogens is 2. The lowest BCUT2D eigenvalue weighted by atomic mass is 10.0. The summed E-state index contributed by atoms with van der Waals surface area (Å²) in [6.07, 6.45) is 2.40. The SMILES string of the molecule is COc1cc(OC)c(Cl)c(-c2ccc(OC(=O)Nc3ccc(N4CCNCC4)cc3)c3nccnc23)c1Cl. The van der Waals surface area contributed by atoms with Crippen LogP contribution in [0.2, 0.25) is 10.0 Å². The molecule has 2 heterocycles. The number of piperazine rings is 1. The van der Waals surface area contributed by atoms with Gasteiger partial charge in [-0.3, -0.25) is 10.3 Å². The molecule has 1 fully saturated rings. The number of hydrogen-bond donors (Lipinski definition) is 2. The number of benzene rings is 3. The number of amides is 1. The topological polar surface area (TPSA) is 97.8 Å². The average Bonchev–Trinajstić information content (AvgIpc) is 2.95. The normalized spacial score (nSPS) is 13.3. The number of nitrogens with zero attached hydrogens (tertiary/aromatic N) is 3. The van der Waals surface area contributed by atoms with Crippen LogP contribution in [0.25, 0.3) is 22.2 Å². The van der Waals surface area contributed by atoms with Crippen LogP contribution < -0.4 is 29.7 Å². The van der Waals surface area contributed by atoms with Gasteiger partial charge in [-0.2, -0.15) is 0 Å². The van der Waals surface area contributed by atoms with Gasteiger partial charge in [-0.1, -0.05) is 23.2 Å². The van der Waals surface area contributed by atoms with E-state index in [1.54, 1.807) is 18.2 Å². The van der Waals surface area contributed by atoms with Crippen LogP contribution in [-0.2, 0) is 0 Å². The van der Waals surface area contributed by atoms with Gasteiger partial charge in [-0.25, -0.2) is 9.78 Å². The van der Waals surface area contributed by atoms with Crippen molar-refractivity contribution in [1.29, 1.82) is 0 Å². The zero-order valence-corrected chi connectivity index (χ0v) is 22.3. The number of nitrogens with one attached hydrogen (secondary N) is 2. The zero-order valence-electron chi connectivity index (χ0n) is 20.8. The Bertz CT molecular complexity index is 1450. The van der Waals surface area contributed by atoms with Gasteiger partial charge in [-0.05, 0) is 36.4 Å². The zero-order chi connectivity index (χ0) is 26.6. The van der Waals surface area contributed by atoms with Crippen molar-refractivity contribution >= 4 is 51.7 Å². The van der Waals surface area contributed by atoms with Gasteiger partial charge in [0.1, 0.15) is 22.5 Å². The fourth-order valence-electron chi connectivity index (χ4n) is 4.36. The summed E-state index contributed by atoms with van der Waals surface area (Å²) in [6, 6.07) is 12.6. The van der Waals surface area contributed by atoms with Gasteiger partial charge in [0.05, 0.1) is 24.3 Å². The molecule has 0 bridgehead atoms. The van der Waals surface area contributed by atoms with Crippen molar-refractivity contribution in [3.05, 3.63) is 64.9 Å². The number of methoxy groups -OCH3 is 2. The van der Waals surface area contributed by atoms with Gasteiger partial charge >= 0.3 is 6.09 Å². The maximum Gasteiger partial charge on any atom is 0.417 e. The van der Waals surface area contributed by atoms with Gasteiger partial charge < -0.3 is 24.4 Å². The van der Waals surface area contributed by atoms with Crippen molar-refractivity contribution in [1.82, 2.24) is 15.3 Å². The molecule has 0 unspecified atom stereocenters. The highest BCUT2D eigenvalue weighted by Gasteiger charge is 2.23. The third kappa shape index (κ3) is 5.13. The summed E-state index contributed by atoms with van der Waals surface area (Å²) in [5.74, 6) is 1.01. The molecule has 1 aliphatic heterocycles. The lowest BCUT2D eigenvalue weighted by Crippen LogP contribution is -2.43. The van der Waals surface area contributed by atoms with Crippen molar-refractivity contribution in [3.8, 4) is 28.4 Å². The third-order valence-corrected chi connectivity index (χ3v) is 6.98. The third-order valence-electron chi connectivity index (χ3n) is 6.23. The van der Waals surface area contributed by atoms with Crippen LogP contribution in [0.3, 0.4) is 0 Å². The molecule has 9 nitrogen and oxygen atoms in total. The molecule has 0 aliphatic carbocycles. The number of rotatable bonds is 6. The van der Waals surface area contributed by atoms with E-state index in [9.17, 15) is 4.79 Å². The molecule has 0 spiro atoms. The molecule has 3 aromatic carbocycles. The number of fused-ring (bicyclic) bond motifs is 1. The predicted octanol–water partition coefficient (Wildman–Crippen LogP) is 5.64. The van der Waals surface area contributed by atoms with Crippen LogP contribution >= 0.6 is 23.2 Å². The van der Waals surface area contributed by atoms with E-state index in [1.165, 1.54) is 26.6 Å². The minimum atomic E-state index is -0.654. The Balaban J connectivity index is 1.42. The van der Waals surface area contributed by atoms with E-state index in [4.69, 9.17) is 37.4 Å². The number of hydrogen-bond acceptors (Lipinski definition) is 8. The van der Waals surface area contributed by atoms with Crippen LogP contribution in [0, 0.1) is 0 Å². The highest BCUT2D eigenvalue weighted by Crippen LogP contribution is 2.47. The Morgan fingerprint density at radius 3 is 2.16 bits per heavy atom. The maximum absolute atomic E-state index is 12.8. The maximum atomic E-state index is 12.8. The summed E-state index contributed by atoms with van der Waals surface area (Å²) in [5.41, 5.74) is 3.57. The molecule has 4 aromatic rings. The number of anilines is 2. The van der Waals surface area contributed by atoms with Crippen molar-refractivity contribution < 1.29 is 19.0 Å². The fraction of sp³-hybridized carbons (Fsp3) is 0.222. The molecule has 38 heavy (non-hydrogen) atoms. The Morgan fingerprint density at radius 1 is 0.895 bits per heavy atom. The van der Waals surface area contributed by atoms with Crippen molar-refractivity contribution in [2.75, 3.05) is 50.6 Å². The summed E-state index contributed by atoms with van der Waals surface area (Å²) >= 11 is 13.3. The van der Waals surface area contributed by atoms with E-state index < -0.39 is 6.09 Å². The number of carbonyl (C=O) groups is 1. The number of aromatic nitrogens is 2. The smallest absolute Gasteiger partial charge is 0.417 e. The van der Waals surface area contributed by atoms with Gasteiger partial charge in [0, 0.05) is 67.1 Å².